The number of hydrogen-bond donors (Lipinski definition) is 2. The maximum absolute atomic E-state index is 11.2. The van der Waals surface area contributed by atoms with Gasteiger partial charge in [0.2, 0.25) is 0 Å². The van der Waals surface area contributed by atoms with Crippen molar-refractivity contribution in [1.82, 2.24) is 5.32 Å². The number of alkyl carbamates (subject to hydrolysis) is 1. The van der Waals surface area contributed by atoms with Crippen molar-refractivity contribution in [2.75, 3.05) is 13.2 Å². The van der Waals surface area contributed by atoms with E-state index in [2.05, 4.69) is 10.1 Å². The van der Waals surface area contributed by atoms with Gasteiger partial charge in [-0.05, 0) is 20.8 Å². The van der Waals surface area contributed by atoms with E-state index in [-0.39, 0.29) is 19.7 Å². The molecule has 2 N–H and O–H groups in total. The Kier molecular flexibility index (Phi) is 5.69. The lowest BCUT2D eigenvalue weighted by Gasteiger charge is -2.22. The Morgan fingerprint density at radius 3 is 2.53 bits per heavy atom. The first-order valence-corrected chi connectivity index (χ1v) is 4.54. The molecule has 0 fully saturated rings. The van der Waals surface area contributed by atoms with Crippen LogP contribution >= 0.6 is 0 Å². The van der Waals surface area contributed by atoms with E-state index in [0.29, 0.717) is 0 Å². The van der Waals surface area contributed by atoms with Crippen LogP contribution in [-0.4, -0.2) is 42.5 Å². The summed E-state index contributed by atoms with van der Waals surface area (Å²) in [5, 5.41) is 11.2. The Labute approximate surface area is 88.6 Å². The molecule has 0 aliphatic carbocycles. The molecule has 0 heterocycles. The van der Waals surface area contributed by atoms with Crippen molar-refractivity contribution in [3.63, 3.8) is 0 Å². The molecule has 6 heteroatoms. The van der Waals surface area contributed by atoms with Gasteiger partial charge in [0.05, 0.1) is 12.6 Å². The van der Waals surface area contributed by atoms with E-state index in [9.17, 15) is 9.59 Å². The van der Waals surface area contributed by atoms with Crippen molar-refractivity contribution in [1.29, 1.82) is 0 Å². The summed E-state index contributed by atoms with van der Waals surface area (Å²) in [6, 6.07) is -0.648. The molecule has 0 aromatic carbocycles. The highest BCUT2D eigenvalue weighted by atomic mass is 16.6. The summed E-state index contributed by atoms with van der Waals surface area (Å²) < 4.78 is 9.35. The van der Waals surface area contributed by atoms with Crippen LogP contribution in [0.5, 0.6) is 0 Å². The van der Waals surface area contributed by atoms with Crippen LogP contribution in [0.15, 0.2) is 0 Å². The lowest BCUT2D eigenvalue weighted by Crippen LogP contribution is -2.43. The summed E-state index contributed by atoms with van der Waals surface area (Å²) >= 11 is 0. The molecule has 0 spiro atoms. The molecule has 0 aromatic rings. The van der Waals surface area contributed by atoms with Gasteiger partial charge in [0.1, 0.15) is 12.2 Å². The second-order valence-electron chi connectivity index (χ2n) is 3.96. The van der Waals surface area contributed by atoms with Gasteiger partial charge in [-0.1, -0.05) is 0 Å². The fourth-order valence-corrected chi connectivity index (χ4v) is 0.770. The van der Waals surface area contributed by atoms with Gasteiger partial charge in [-0.15, -0.1) is 0 Å². The summed E-state index contributed by atoms with van der Waals surface area (Å²) in [5.41, 5.74) is -0.602. The molecule has 15 heavy (non-hydrogen) atoms. The van der Waals surface area contributed by atoms with E-state index in [0.717, 1.165) is 0 Å². The minimum Gasteiger partial charge on any atom is -0.466 e. The molecule has 88 valence electrons. The Bertz CT molecular complexity index is 211. The van der Waals surface area contributed by atoms with Gasteiger partial charge in [0, 0.05) is 0 Å². The summed E-state index contributed by atoms with van der Waals surface area (Å²) in [6.45, 7) is 5.01. The third-order valence-electron chi connectivity index (χ3n) is 1.31. The maximum atomic E-state index is 11.2. The molecule has 0 saturated heterocycles. The number of carbonyl (C=O) groups is 2. The topological polar surface area (TPSA) is 84.9 Å². The van der Waals surface area contributed by atoms with Gasteiger partial charge < -0.3 is 19.9 Å². The maximum Gasteiger partial charge on any atom is 0.408 e. The third-order valence-corrected chi connectivity index (χ3v) is 1.31. The molecule has 0 radical (unpaired) electrons. The second-order valence-corrected chi connectivity index (χ2v) is 3.96. The highest BCUT2D eigenvalue weighted by Gasteiger charge is 2.19. The third kappa shape index (κ3) is 7.75. The Balaban J connectivity index is 3.95. The van der Waals surface area contributed by atoms with Crippen molar-refractivity contribution in [3.8, 4) is 0 Å². The Morgan fingerprint density at radius 1 is 1.53 bits per heavy atom. The van der Waals surface area contributed by atoms with E-state index in [1.807, 2.05) is 0 Å². The largest absolute Gasteiger partial charge is 0.466 e. The van der Waals surface area contributed by atoms with Crippen LogP contribution in [0.25, 0.3) is 0 Å². The highest BCUT2D eigenvalue weighted by Crippen LogP contribution is 2.06. The fourth-order valence-electron chi connectivity index (χ4n) is 0.770. The quantitative estimate of drug-likeness (QED) is 0.638. The number of amides is 1. The molecule has 0 aromatic heterocycles. The minimum atomic E-state index is -0.656. The molecular weight excluding hydrogens is 202 g/mol. The molecule has 0 unspecified atom stereocenters. The zero-order valence-electron chi connectivity index (χ0n) is 9.15. The van der Waals surface area contributed by atoms with Crippen molar-refractivity contribution in [2.45, 2.75) is 32.4 Å². The molecule has 1 amide bonds. The van der Waals surface area contributed by atoms with Gasteiger partial charge >= 0.3 is 6.09 Å². The van der Waals surface area contributed by atoms with Gasteiger partial charge in [-0.2, -0.15) is 0 Å². The van der Waals surface area contributed by atoms with Gasteiger partial charge in [-0.25, -0.2) is 4.79 Å². The molecule has 0 saturated carbocycles. The van der Waals surface area contributed by atoms with E-state index >= 15 is 0 Å². The standard InChI is InChI=1S/C9H17NO5/c1-9(2,3)15-8(13)10-7(4-11)5-14-6-12/h6-7,11H,4-5H2,1-3H3,(H,10,13)/t7-/m0/s1. The number of rotatable bonds is 5. The van der Waals surface area contributed by atoms with E-state index in [1.54, 1.807) is 20.8 Å². The smallest absolute Gasteiger partial charge is 0.408 e. The average Bonchev–Trinajstić information content (AvgIpc) is 2.09. The number of nitrogens with one attached hydrogen (secondary N) is 1. The van der Waals surface area contributed by atoms with Crippen LogP contribution < -0.4 is 5.32 Å². The first-order valence-electron chi connectivity index (χ1n) is 4.54. The van der Waals surface area contributed by atoms with Crippen molar-refractivity contribution >= 4 is 12.6 Å². The predicted octanol–water partition coefficient (Wildman–Crippen LogP) is 0.0450. The first kappa shape index (κ1) is 13.7. The molecule has 0 aliphatic heterocycles. The van der Waals surface area contributed by atoms with Crippen LogP contribution in [0.4, 0.5) is 4.79 Å². The molecule has 1 atom stereocenters. The van der Waals surface area contributed by atoms with Crippen molar-refractivity contribution in [3.05, 3.63) is 0 Å². The van der Waals surface area contributed by atoms with Crippen molar-refractivity contribution in [2.24, 2.45) is 0 Å². The van der Waals surface area contributed by atoms with Gasteiger partial charge in [0.15, 0.2) is 0 Å². The van der Waals surface area contributed by atoms with E-state index in [1.165, 1.54) is 0 Å². The van der Waals surface area contributed by atoms with Crippen LogP contribution in [0.3, 0.4) is 0 Å². The Morgan fingerprint density at radius 2 is 2.13 bits per heavy atom. The molecule has 0 rings (SSSR count). The number of ether oxygens (including phenoxy) is 2. The zero-order chi connectivity index (χ0) is 11.9. The number of aliphatic hydroxyl groups excluding tert-OH is 1. The fraction of sp³-hybridized carbons (Fsp3) is 0.778. The van der Waals surface area contributed by atoms with E-state index < -0.39 is 17.7 Å². The zero-order valence-corrected chi connectivity index (χ0v) is 9.15. The number of aliphatic hydroxyl groups is 1. The normalized spacial score (nSPS) is 12.8. The summed E-state index contributed by atoms with van der Waals surface area (Å²) in [7, 11) is 0. The average molecular weight is 219 g/mol. The number of carbonyl (C=O) groups excluding carboxylic acids is 2. The minimum absolute atomic E-state index is 0.0841. The Hall–Kier alpha value is -1.30. The van der Waals surface area contributed by atoms with Crippen LogP contribution in [-0.2, 0) is 14.3 Å². The van der Waals surface area contributed by atoms with Gasteiger partial charge in [-0.3, -0.25) is 4.79 Å². The predicted molar refractivity (Wildman–Crippen MR) is 52.3 cm³/mol. The monoisotopic (exact) mass is 219 g/mol. The molecule has 0 aliphatic rings. The van der Waals surface area contributed by atoms with Crippen LogP contribution in [0.2, 0.25) is 0 Å². The highest BCUT2D eigenvalue weighted by molar-refractivity contribution is 5.68. The molecular formula is C9H17NO5. The lowest BCUT2D eigenvalue weighted by molar-refractivity contribution is -0.129. The number of hydrogen-bond acceptors (Lipinski definition) is 5. The lowest BCUT2D eigenvalue weighted by atomic mass is 10.2. The summed E-state index contributed by atoms with van der Waals surface area (Å²) in [5.74, 6) is 0. The first-order chi connectivity index (χ1) is 6.89. The second kappa shape index (κ2) is 6.23. The summed E-state index contributed by atoms with van der Waals surface area (Å²) in [6.07, 6.45) is -0.656. The van der Waals surface area contributed by atoms with Crippen LogP contribution in [0.1, 0.15) is 20.8 Å². The summed E-state index contributed by atoms with van der Waals surface area (Å²) in [4.78, 5) is 21.1. The van der Waals surface area contributed by atoms with Crippen LogP contribution in [0, 0.1) is 0 Å². The molecule has 0 bridgehead atoms. The molecule has 6 nitrogen and oxygen atoms in total. The van der Waals surface area contributed by atoms with Crippen molar-refractivity contribution < 1.29 is 24.2 Å². The SMILES string of the molecule is CC(C)(C)OC(=O)N[C@@H](CO)COC=O. The van der Waals surface area contributed by atoms with Gasteiger partial charge in [0.25, 0.3) is 6.47 Å². The van der Waals surface area contributed by atoms with E-state index in [4.69, 9.17) is 9.84 Å².